The zero-order chi connectivity index (χ0) is 19.0. The van der Waals surface area contributed by atoms with Gasteiger partial charge in [-0.2, -0.15) is 0 Å². The van der Waals surface area contributed by atoms with Gasteiger partial charge < -0.3 is 4.90 Å². The standard InChI is InChI=1S/C22H30ClNO3/c23-16-10-8-15(9-11-16)22(14-19(25)24-12-4-1-5-13-24)20(26)17-6-2-3-7-18(17)21(22)27/h15-16H,1-14H2. The predicted molar refractivity (Wildman–Crippen MR) is 105 cm³/mol. The Hall–Kier alpha value is -1.16. The molecule has 0 aromatic carbocycles. The number of ketones is 2. The molecule has 3 aliphatic carbocycles. The van der Waals surface area contributed by atoms with E-state index in [4.69, 9.17) is 11.6 Å². The molecular formula is C22H30ClNO3. The van der Waals surface area contributed by atoms with Gasteiger partial charge in [-0.05, 0) is 76.5 Å². The second-order valence-electron chi connectivity index (χ2n) is 8.86. The lowest BCUT2D eigenvalue weighted by Crippen LogP contribution is -2.49. The van der Waals surface area contributed by atoms with E-state index in [0.717, 1.165) is 82.0 Å². The third kappa shape index (κ3) is 3.28. The highest BCUT2D eigenvalue weighted by atomic mass is 35.5. The maximum Gasteiger partial charge on any atom is 0.224 e. The Labute approximate surface area is 166 Å². The lowest BCUT2D eigenvalue weighted by Gasteiger charge is -2.40. The highest BCUT2D eigenvalue weighted by molar-refractivity contribution is 6.29. The quantitative estimate of drug-likeness (QED) is 0.535. The zero-order valence-corrected chi connectivity index (χ0v) is 16.9. The second-order valence-corrected chi connectivity index (χ2v) is 9.48. The number of piperidine rings is 1. The van der Waals surface area contributed by atoms with Crippen LogP contribution in [-0.2, 0) is 14.4 Å². The van der Waals surface area contributed by atoms with Crippen LogP contribution in [0.1, 0.15) is 77.0 Å². The summed E-state index contributed by atoms with van der Waals surface area (Å²) in [6, 6.07) is 0. The number of hydrogen-bond acceptors (Lipinski definition) is 3. The molecule has 1 aliphatic heterocycles. The van der Waals surface area contributed by atoms with Gasteiger partial charge in [0.15, 0.2) is 11.6 Å². The van der Waals surface area contributed by atoms with Gasteiger partial charge in [0.1, 0.15) is 5.41 Å². The summed E-state index contributed by atoms with van der Waals surface area (Å²) in [4.78, 5) is 42.2. The summed E-state index contributed by atoms with van der Waals surface area (Å²) in [5.74, 6) is -0.0488. The fourth-order valence-electron chi connectivity index (χ4n) is 5.76. The van der Waals surface area contributed by atoms with Crippen molar-refractivity contribution in [3.63, 3.8) is 0 Å². The van der Waals surface area contributed by atoms with Gasteiger partial charge >= 0.3 is 0 Å². The first kappa shape index (κ1) is 19.2. The lowest BCUT2D eigenvalue weighted by atomic mass is 9.63. The van der Waals surface area contributed by atoms with E-state index in [1.54, 1.807) is 0 Å². The summed E-state index contributed by atoms with van der Waals surface area (Å²) in [6.45, 7) is 1.53. The third-order valence-corrected chi connectivity index (χ3v) is 7.76. The van der Waals surface area contributed by atoms with Crippen LogP contribution in [0, 0.1) is 11.3 Å². The topological polar surface area (TPSA) is 54.5 Å². The molecular weight excluding hydrogens is 362 g/mol. The summed E-state index contributed by atoms with van der Waals surface area (Å²) in [5.41, 5.74) is 0.386. The summed E-state index contributed by atoms with van der Waals surface area (Å²) in [5, 5.41) is 0.130. The number of rotatable bonds is 3. The summed E-state index contributed by atoms with van der Waals surface area (Å²) >= 11 is 6.30. The van der Waals surface area contributed by atoms with E-state index in [2.05, 4.69) is 0 Å². The highest BCUT2D eigenvalue weighted by Gasteiger charge is 2.59. The predicted octanol–water partition coefficient (Wildman–Crippen LogP) is 4.20. The first-order valence-corrected chi connectivity index (χ1v) is 11.2. The van der Waals surface area contributed by atoms with Crippen LogP contribution in [0.4, 0.5) is 0 Å². The van der Waals surface area contributed by atoms with Crippen LogP contribution >= 0.6 is 11.6 Å². The Morgan fingerprint density at radius 1 is 0.889 bits per heavy atom. The van der Waals surface area contributed by atoms with Crippen LogP contribution in [0.2, 0.25) is 0 Å². The van der Waals surface area contributed by atoms with Gasteiger partial charge in [0.05, 0.1) is 0 Å². The second kappa shape index (κ2) is 7.69. The average Bonchev–Trinajstić information content (AvgIpc) is 2.92. The molecule has 0 N–H and O–H groups in total. The first-order valence-electron chi connectivity index (χ1n) is 10.8. The number of carbonyl (C=O) groups excluding carboxylic acids is 3. The molecule has 5 heteroatoms. The number of amides is 1. The summed E-state index contributed by atoms with van der Waals surface area (Å²) in [6.07, 6.45) is 9.87. The smallest absolute Gasteiger partial charge is 0.224 e. The third-order valence-electron chi connectivity index (χ3n) is 7.32. The average molecular weight is 392 g/mol. The van der Waals surface area contributed by atoms with Crippen molar-refractivity contribution in [2.75, 3.05) is 13.1 Å². The Morgan fingerprint density at radius 3 is 2.00 bits per heavy atom. The molecule has 4 aliphatic rings. The van der Waals surface area contributed by atoms with Gasteiger partial charge in [-0.25, -0.2) is 0 Å². The number of likely N-dealkylation sites (tertiary alicyclic amines) is 1. The largest absolute Gasteiger partial charge is 0.343 e. The fourth-order valence-corrected chi connectivity index (χ4v) is 6.01. The van der Waals surface area contributed by atoms with E-state index < -0.39 is 5.41 Å². The van der Waals surface area contributed by atoms with Crippen LogP contribution in [0.15, 0.2) is 11.1 Å². The molecule has 4 rings (SSSR count). The number of alkyl halides is 1. The molecule has 0 aromatic heterocycles. The number of nitrogens with zero attached hydrogens (tertiary/aromatic N) is 1. The molecule has 0 radical (unpaired) electrons. The van der Waals surface area contributed by atoms with Crippen molar-refractivity contribution in [3.8, 4) is 0 Å². The maximum absolute atomic E-state index is 13.6. The minimum absolute atomic E-state index is 0.00393. The summed E-state index contributed by atoms with van der Waals surface area (Å²) < 4.78 is 0. The molecule has 0 aromatic rings. The minimum Gasteiger partial charge on any atom is -0.343 e. The zero-order valence-electron chi connectivity index (χ0n) is 16.1. The molecule has 1 heterocycles. The molecule has 2 fully saturated rings. The van der Waals surface area contributed by atoms with Gasteiger partial charge in [-0.3, -0.25) is 14.4 Å². The molecule has 1 saturated carbocycles. The van der Waals surface area contributed by atoms with E-state index in [1.807, 2.05) is 4.90 Å². The molecule has 148 valence electrons. The van der Waals surface area contributed by atoms with Crippen molar-refractivity contribution in [2.45, 2.75) is 82.4 Å². The van der Waals surface area contributed by atoms with Crippen molar-refractivity contribution in [1.29, 1.82) is 0 Å². The van der Waals surface area contributed by atoms with Crippen LogP contribution in [-0.4, -0.2) is 40.8 Å². The van der Waals surface area contributed by atoms with E-state index >= 15 is 0 Å². The Kier molecular flexibility index (Phi) is 5.46. The minimum atomic E-state index is -1.12. The van der Waals surface area contributed by atoms with Crippen LogP contribution in [0.5, 0.6) is 0 Å². The van der Waals surface area contributed by atoms with Crippen LogP contribution in [0.25, 0.3) is 0 Å². The normalized spacial score (nSPS) is 31.2. The fraction of sp³-hybridized carbons (Fsp3) is 0.773. The Morgan fingerprint density at radius 2 is 1.44 bits per heavy atom. The molecule has 1 amide bonds. The molecule has 0 unspecified atom stereocenters. The number of hydrogen-bond donors (Lipinski definition) is 0. The van der Waals surface area contributed by atoms with Crippen molar-refractivity contribution in [1.82, 2.24) is 4.90 Å². The van der Waals surface area contributed by atoms with E-state index in [1.165, 1.54) is 0 Å². The van der Waals surface area contributed by atoms with Crippen molar-refractivity contribution in [2.24, 2.45) is 11.3 Å². The van der Waals surface area contributed by atoms with Crippen LogP contribution < -0.4 is 0 Å². The molecule has 0 atom stereocenters. The maximum atomic E-state index is 13.6. The van der Waals surface area contributed by atoms with E-state index in [-0.39, 0.29) is 35.2 Å². The van der Waals surface area contributed by atoms with Gasteiger partial charge in [-0.1, -0.05) is 0 Å². The molecule has 1 saturated heterocycles. The number of carbonyl (C=O) groups is 3. The highest BCUT2D eigenvalue weighted by Crippen LogP contribution is 2.53. The SMILES string of the molecule is O=C(CC1(C2CCC(Cl)CC2)C(=O)C2=C(CCCC2)C1=O)N1CCCCC1. The van der Waals surface area contributed by atoms with Gasteiger partial charge in [-0.15, -0.1) is 11.6 Å². The van der Waals surface area contributed by atoms with E-state index in [9.17, 15) is 14.4 Å². The van der Waals surface area contributed by atoms with Crippen molar-refractivity contribution in [3.05, 3.63) is 11.1 Å². The number of halogens is 1. The molecule has 4 nitrogen and oxygen atoms in total. The van der Waals surface area contributed by atoms with Crippen LogP contribution in [0.3, 0.4) is 0 Å². The van der Waals surface area contributed by atoms with E-state index in [0.29, 0.717) is 12.8 Å². The molecule has 0 bridgehead atoms. The molecule has 0 spiro atoms. The van der Waals surface area contributed by atoms with Gasteiger partial charge in [0, 0.05) is 36.0 Å². The van der Waals surface area contributed by atoms with Crippen molar-refractivity contribution < 1.29 is 14.4 Å². The first-order chi connectivity index (χ1) is 13.0. The Balaban J connectivity index is 1.65. The molecule has 27 heavy (non-hydrogen) atoms. The van der Waals surface area contributed by atoms with Crippen molar-refractivity contribution >= 4 is 29.1 Å². The number of Topliss-reactive ketones (excluding diaryl/α,β-unsaturated/α-hetero) is 2. The number of allylic oxidation sites excluding steroid dienone is 2. The summed E-state index contributed by atoms with van der Waals surface area (Å²) in [7, 11) is 0. The Bertz CT molecular complexity index is 641. The van der Waals surface area contributed by atoms with Gasteiger partial charge in [0.2, 0.25) is 5.91 Å². The van der Waals surface area contributed by atoms with Gasteiger partial charge in [0.25, 0.3) is 0 Å². The lowest BCUT2D eigenvalue weighted by molar-refractivity contribution is -0.148. The monoisotopic (exact) mass is 391 g/mol.